The molecule has 0 aliphatic carbocycles. The summed E-state index contributed by atoms with van der Waals surface area (Å²) in [6.07, 6.45) is 0. The van der Waals surface area contributed by atoms with E-state index in [0.29, 0.717) is 6.04 Å². The maximum absolute atomic E-state index is 3.29. The van der Waals surface area contributed by atoms with Gasteiger partial charge in [0.25, 0.3) is 0 Å². The van der Waals surface area contributed by atoms with Gasteiger partial charge in [0.15, 0.2) is 0 Å². The molecule has 1 fully saturated rings. The Hall–Kier alpha value is -0.820. The predicted octanol–water partition coefficient (Wildman–Crippen LogP) is 1.64. The summed E-state index contributed by atoms with van der Waals surface area (Å²) in [5.41, 5.74) is 2.86. The van der Waals surface area contributed by atoms with Gasteiger partial charge >= 0.3 is 0 Å². The van der Waals surface area contributed by atoms with Crippen LogP contribution in [0, 0.1) is 6.92 Å². The Kier molecular flexibility index (Phi) is 1.24. The molecule has 1 aliphatic rings. The minimum Gasteiger partial charge on any atom is -0.307 e. The summed E-state index contributed by atoms with van der Waals surface area (Å²) >= 11 is 0. The molecule has 1 aliphatic heterocycles. The molecule has 1 N–H and O–H groups in total. The van der Waals surface area contributed by atoms with Gasteiger partial charge < -0.3 is 5.32 Å². The van der Waals surface area contributed by atoms with Crippen LogP contribution < -0.4 is 5.32 Å². The summed E-state index contributed by atoms with van der Waals surface area (Å²) < 4.78 is 0. The Labute approximate surface area is 61.1 Å². The molecule has 1 aromatic rings. The minimum absolute atomic E-state index is 0.654. The van der Waals surface area contributed by atoms with Crippen LogP contribution in [0.2, 0.25) is 0 Å². The summed E-state index contributed by atoms with van der Waals surface area (Å²) in [4.78, 5) is 0. The van der Waals surface area contributed by atoms with E-state index in [0.717, 1.165) is 6.54 Å². The molecule has 1 atom stereocenters. The van der Waals surface area contributed by atoms with Gasteiger partial charge in [0.05, 0.1) is 0 Å². The highest BCUT2D eigenvalue weighted by molar-refractivity contribution is 5.31. The van der Waals surface area contributed by atoms with Crippen LogP contribution in [0.25, 0.3) is 0 Å². The van der Waals surface area contributed by atoms with E-state index in [1.165, 1.54) is 11.1 Å². The normalized spacial score (nSPS) is 22.7. The number of nitrogens with one attached hydrogen (secondary N) is 1. The number of hydrogen-bond donors (Lipinski definition) is 1. The van der Waals surface area contributed by atoms with E-state index in [-0.39, 0.29) is 0 Å². The number of hydrogen-bond acceptors (Lipinski definition) is 1. The molecule has 2 rings (SSSR count). The summed E-state index contributed by atoms with van der Waals surface area (Å²) in [6.45, 7) is 3.32. The molecular weight excluding hydrogens is 122 g/mol. The van der Waals surface area contributed by atoms with Crippen molar-refractivity contribution in [3.05, 3.63) is 35.4 Å². The SMILES string of the molecule is Cc1ccccc1C1CN1. The molecule has 0 radical (unpaired) electrons. The van der Waals surface area contributed by atoms with Crippen molar-refractivity contribution in [2.75, 3.05) is 6.54 Å². The summed E-state index contributed by atoms with van der Waals surface area (Å²) in [6, 6.07) is 9.19. The molecule has 0 amide bonds. The van der Waals surface area contributed by atoms with Gasteiger partial charge in [-0.1, -0.05) is 24.3 Å². The van der Waals surface area contributed by atoms with Crippen molar-refractivity contribution in [2.45, 2.75) is 13.0 Å². The van der Waals surface area contributed by atoms with Crippen LogP contribution in [0.4, 0.5) is 0 Å². The fraction of sp³-hybridized carbons (Fsp3) is 0.333. The topological polar surface area (TPSA) is 21.9 Å². The second-order valence-corrected chi connectivity index (χ2v) is 2.82. The molecule has 1 heterocycles. The van der Waals surface area contributed by atoms with Crippen molar-refractivity contribution in [1.82, 2.24) is 5.32 Å². The van der Waals surface area contributed by atoms with E-state index in [1.54, 1.807) is 0 Å². The molecule has 1 aromatic carbocycles. The van der Waals surface area contributed by atoms with Crippen LogP contribution in [0.15, 0.2) is 24.3 Å². The summed E-state index contributed by atoms with van der Waals surface area (Å²) in [7, 11) is 0. The van der Waals surface area contributed by atoms with Gasteiger partial charge in [-0.2, -0.15) is 0 Å². The Bertz CT molecular complexity index is 238. The molecule has 0 saturated carbocycles. The van der Waals surface area contributed by atoms with Crippen molar-refractivity contribution in [3.63, 3.8) is 0 Å². The van der Waals surface area contributed by atoms with Gasteiger partial charge in [-0.3, -0.25) is 0 Å². The number of aryl methyl sites for hydroxylation is 1. The standard InChI is InChI=1S/C9H11N/c1-7-4-2-3-5-8(7)9-6-10-9/h2-5,9-10H,6H2,1H3. The van der Waals surface area contributed by atoms with E-state index in [2.05, 4.69) is 36.5 Å². The highest BCUT2D eigenvalue weighted by Crippen LogP contribution is 2.23. The monoisotopic (exact) mass is 133 g/mol. The van der Waals surface area contributed by atoms with Gasteiger partial charge in [0, 0.05) is 12.6 Å². The zero-order valence-corrected chi connectivity index (χ0v) is 6.09. The van der Waals surface area contributed by atoms with E-state index < -0.39 is 0 Å². The van der Waals surface area contributed by atoms with Gasteiger partial charge in [0.2, 0.25) is 0 Å². The predicted molar refractivity (Wildman–Crippen MR) is 41.9 cm³/mol. The number of rotatable bonds is 1. The first-order chi connectivity index (χ1) is 4.88. The van der Waals surface area contributed by atoms with Crippen molar-refractivity contribution >= 4 is 0 Å². The zero-order valence-electron chi connectivity index (χ0n) is 6.09. The molecule has 10 heavy (non-hydrogen) atoms. The second-order valence-electron chi connectivity index (χ2n) is 2.82. The lowest BCUT2D eigenvalue weighted by Crippen LogP contribution is -1.87. The average molecular weight is 133 g/mol. The third kappa shape index (κ3) is 0.929. The minimum atomic E-state index is 0.654. The molecule has 52 valence electrons. The summed E-state index contributed by atoms with van der Waals surface area (Å²) in [5, 5.41) is 3.29. The highest BCUT2D eigenvalue weighted by Gasteiger charge is 2.22. The smallest absolute Gasteiger partial charge is 0.0450 e. The Morgan fingerprint density at radius 3 is 2.70 bits per heavy atom. The van der Waals surface area contributed by atoms with Crippen LogP contribution in [0.3, 0.4) is 0 Å². The first kappa shape index (κ1) is 5.93. The third-order valence-electron chi connectivity index (χ3n) is 1.97. The van der Waals surface area contributed by atoms with E-state index in [9.17, 15) is 0 Å². The molecular formula is C9H11N. The second kappa shape index (κ2) is 2.10. The van der Waals surface area contributed by atoms with Crippen molar-refractivity contribution in [2.24, 2.45) is 0 Å². The van der Waals surface area contributed by atoms with Crippen molar-refractivity contribution < 1.29 is 0 Å². The first-order valence-corrected chi connectivity index (χ1v) is 3.67. The molecule has 1 nitrogen and oxygen atoms in total. The van der Waals surface area contributed by atoms with Gasteiger partial charge in [-0.25, -0.2) is 0 Å². The maximum atomic E-state index is 3.29. The lowest BCUT2D eigenvalue weighted by Gasteiger charge is -1.99. The summed E-state index contributed by atoms with van der Waals surface area (Å²) in [5.74, 6) is 0. The molecule has 0 aromatic heterocycles. The van der Waals surface area contributed by atoms with Gasteiger partial charge in [-0.05, 0) is 18.1 Å². The highest BCUT2D eigenvalue weighted by atomic mass is 15.1. The van der Waals surface area contributed by atoms with Crippen LogP contribution >= 0.6 is 0 Å². The molecule has 1 saturated heterocycles. The van der Waals surface area contributed by atoms with E-state index in [4.69, 9.17) is 0 Å². The molecule has 1 heteroatoms. The first-order valence-electron chi connectivity index (χ1n) is 3.67. The van der Waals surface area contributed by atoms with E-state index in [1.807, 2.05) is 0 Å². The largest absolute Gasteiger partial charge is 0.307 e. The number of benzene rings is 1. The Balaban J connectivity index is 2.39. The Morgan fingerprint density at radius 2 is 2.10 bits per heavy atom. The van der Waals surface area contributed by atoms with Gasteiger partial charge in [-0.15, -0.1) is 0 Å². The molecule has 0 spiro atoms. The molecule has 1 unspecified atom stereocenters. The quantitative estimate of drug-likeness (QED) is 0.578. The van der Waals surface area contributed by atoms with Crippen LogP contribution in [0.5, 0.6) is 0 Å². The van der Waals surface area contributed by atoms with Crippen molar-refractivity contribution in [3.8, 4) is 0 Å². The fourth-order valence-corrected chi connectivity index (χ4v) is 1.26. The average Bonchev–Trinajstić information content (AvgIpc) is 2.71. The zero-order chi connectivity index (χ0) is 6.97. The van der Waals surface area contributed by atoms with E-state index >= 15 is 0 Å². The Morgan fingerprint density at radius 1 is 1.40 bits per heavy atom. The lowest BCUT2D eigenvalue weighted by molar-refractivity contribution is 1.06. The van der Waals surface area contributed by atoms with Crippen LogP contribution in [0.1, 0.15) is 17.2 Å². The maximum Gasteiger partial charge on any atom is 0.0450 e. The lowest BCUT2D eigenvalue weighted by atomic mass is 10.1. The third-order valence-corrected chi connectivity index (χ3v) is 1.97. The molecule has 0 bridgehead atoms. The van der Waals surface area contributed by atoms with Crippen molar-refractivity contribution in [1.29, 1.82) is 0 Å². The van der Waals surface area contributed by atoms with Crippen LogP contribution in [-0.2, 0) is 0 Å². The van der Waals surface area contributed by atoms with Gasteiger partial charge in [0.1, 0.15) is 0 Å². The fourth-order valence-electron chi connectivity index (χ4n) is 1.26. The van der Waals surface area contributed by atoms with Crippen LogP contribution in [-0.4, -0.2) is 6.54 Å².